The van der Waals surface area contributed by atoms with Gasteiger partial charge < -0.3 is 21.3 Å². The first-order chi connectivity index (χ1) is 29.7. The molecule has 60 heavy (non-hydrogen) atoms. The lowest BCUT2D eigenvalue weighted by Gasteiger charge is -2.10. The smallest absolute Gasteiger partial charge is 0.0390 e. The molecular weight excluding hydrogens is 729 g/mol. The number of fused-ring (bicyclic) bond motifs is 2. The van der Waals surface area contributed by atoms with Gasteiger partial charge in [0, 0.05) is 45.5 Å². The SMILES string of the molecule is c1ccc(Nc2ccc(-c3ccc(Nc4ccccc4)cc3)cc2)cc1.c1ccc2cc(Nc3ccc(-c4ccc(Nc5ccc6ccccc6c5)cc4)cc3)ccc2c1. The van der Waals surface area contributed by atoms with Crippen LogP contribution < -0.4 is 21.3 Å². The molecule has 0 aliphatic heterocycles. The highest BCUT2D eigenvalue weighted by atomic mass is 14.9. The van der Waals surface area contributed by atoms with Crippen molar-refractivity contribution < 1.29 is 0 Å². The van der Waals surface area contributed by atoms with Gasteiger partial charge in [-0.1, -0.05) is 146 Å². The molecule has 10 aromatic carbocycles. The molecule has 0 bridgehead atoms. The zero-order valence-electron chi connectivity index (χ0n) is 33.1. The Morgan fingerprint density at radius 3 is 0.717 bits per heavy atom. The molecule has 0 unspecified atom stereocenters. The van der Waals surface area contributed by atoms with Crippen molar-refractivity contribution in [1.82, 2.24) is 0 Å². The Morgan fingerprint density at radius 1 is 0.167 bits per heavy atom. The van der Waals surface area contributed by atoms with E-state index in [0.29, 0.717) is 0 Å². The summed E-state index contributed by atoms with van der Waals surface area (Å²) in [4.78, 5) is 0. The second-order valence-corrected chi connectivity index (χ2v) is 14.7. The molecule has 0 aromatic heterocycles. The van der Waals surface area contributed by atoms with Gasteiger partial charge in [-0.2, -0.15) is 0 Å². The Balaban J connectivity index is 0.000000160. The maximum atomic E-state index is 3.51. The summed E-state index contributed by atoms with van der Waals surface area (Å²) in [5.41, 5.74) is 13.5. The average molecular weight is 773 g/mol. The summed E-state index contributed by atoms with van der Waals surface area (Å²) >= 11 is 0. The van der Waals surface area contributed by atoms with E-state index >= 15 is 0 Å². The van der Waals surface area contributed by atoms with Crippen molar-refractivity contribution >= 4 is 67.0 Å². The molecule has 0 heterocycles. The third-order valence-electron chi connectivity index (χ3n) is 10.4. The molecule has 4 nitrogen and oxygen atoms in total. The fraction of sp³-hybridized carbons (Fsp3) is 0. The van der Waals surface area contributed by atoms with Crippen LogP contribution in [0.2, 0.25) is 0 Å². The average Bonchev–Trinajstić information content (AvgIpc) is 3.31. The van der Waals surface area contributed by atoms with Gasteiger partial charge in [0.1, 0.15) is 0 Å². The van der Waals surface area contributed by atoms with Crippen LogP contribution in [-0.2, 0) is 0 Å². The standard InChI is InChI=1S/C32H24N2.C24H20N2/c1-3-7-27-21-31(19-13-23(27)5-1)33-29-15-9-25(10-16-29)26-11-17-30(18-12-26)34-32-20-14-24-6-2-4-8-28(24)22-32;1-3-7-21(8-4-1)25-23-15-11-19(12-16-23)20-13-17-24(18-14-20)26-22-9-5-2-6-10-22/h1-22,33-34H;1-18,25-26H. The van der Waals surface area contributed by atoms with E-state index in [1.54, 1.807) is 0 Å². The Labute approximate surface area is 351 Å². The number of hydrogen-bond donors (Lipinski definition) is 4. The minimum Gasteiger partial charge on any atom is -0.356 e. The number of benzene rings is 10. The minimum absolute atomic E-state index is 1.08. The molecular formula is C56H44N4. The molecule has 0 amide bonds. The van der Waals surface area contributed by atoms with Crippen molar-refractivity contribution in [3.63, 3.8) is 0 Å². The van der Waals surface area contributed by atoms with Gasteiger partial charge in [0.25, 0.3) is 0 Å². The molecule has 0 saturated heterocycles. The third kappa shape index (κ3) is 9.54. The van der Waals surface area contributed by atoms with Crippen LogP contribution in [0.1, 0.15) is 0 Å². The Kier molecular flexibility index (Phi) is 11.3. The molecule has 0 atom stereocenters. The van der Waals surface area contributed by atoms with Gasteiger partial charge in [-0.25, -0.2) is 0 Å². The number of anilines is 8. The molecule has 4 heteroatoms. The Hall–Kier alpha value is -8.08. The van der Waals surface area contributed by atoms with Crippen LogP contribution in [0.25, 0.3) is 43.8 Å². The highest BCUT2D eigenvalue weighted by molar-refractivity contribution is 5.88. The Morgan fingerprint density at radius 2 is 0.400 bits per heavy atom. The summed E-state index contributed by atoms with van der Waals surface area (Å²) in [7, 11) is 0. The van der Waals surface area contributed by atoms with E-state index in [1.807, 2.05) is 36.4 Å². The molecule has 0 aliphatic rings. The van der Waals surface area contributed by atoms with Crippen molar-refractivity contribution in [2.75, 3.05) is 21.3 Å². The number of nitrogens with one attached hydrogen (secondary N) is 4. The van der Waals surface area contributed by atoms with Crippen LogP contribution in [0.5, 0.6) is 0 Å². The number of para-hydroxylation sites is 2. The zero-order valence-corrected chi connectivity index (χ0v) is 33.1. The molecule has 4 N–H and O–H groups in total. The van der Waals surface area contributed by atoms with Crippen LogP contribution in [0.4, 0.5) is 45.5 Å². The van der Waals surface area contributed by atoms with Crippen molar-refractivity contribution in [1.29, 1.82) is 0 Å². The molecule has 10 rings (SSSR count). The summed E-state index contributed by atoms with van der Waals surface area (Å²) in [5, 5.41) is 18.8. The molecule has 0 saturated carbocycles. The quantitative estimate of drug-likeness (QED) is 0.112. The second-order valence-electron chi connectivity index (χ2n) is 14.7. The fourth-order valence-electron chi connectivity index (χ4n) is 7.23. The topological polar surface area (TPSA) is 48.1 Å². The summed E-state index contributed by atoms with van der Waals surface area (Å²) in [6.07, 6.45) is 0. The first-order valence-corrected chi connectivity index (χ1v) is 20.2. The maximum absolute atomic E-state index is 3.51. The van der Waals surface area contributed by atoms with Crippen molar-refractivity contribution in [3.05, 3.63) is 243 Å². The second kappa shape index (κ2) is 18.0. The van der Waals surface area contributed by atoms with Gasteiger partial charge in [-0.3, -0.25) is 0 Å². The first kappa shape index (κ1) is 37.5. The Bertz CT molecular complexity index is 2720. The fourth-order valence-corrected chi connectivity index (χ4v) is 7.23. The minimum atomic E-state index is 1.08. The number of rotatable bonds is 10. The van der Waals surface area contributed by atoms with Gasteiger partial charge in [-0.15, -0.1) is 0 Å². The lowest BCUT2D eigenvalue weighted by atomic mass is 10.0. The molecule has 0 radical (unpaired) electrons. The van der Waals surface area contributed by atoms with E-state index in [1.165, 1.54) is 43.8 Å². The monoisotopic (exact) mass is 772 g/mol. The van der Waals surface area contributed by atoms with Crippen molar-refractivity contribution in [3.8, 4) is 22.3 Å². The highest BCUT2D eigenvalue weighted by Gasteiger charge is 2.04. The van der Waals surface area contributed by atoms with Gasteiger partial charge in [0.15, 0.2) is 0 Å². The van der Waals surface area contributed by atoms with Gasteiger partial charge in [0.2, 0.25) is 0 Å². The summed E-state index contributed by atoms with van der Waals surface area (Å²) in [6, 6.07) is 84.3. The molecule has 0 fully saturated rings. The van der Waals surface area contributed by atoms with E-state index in [2.05, 4.69) is 228 Å². The molecule has 0 aliphatic carbocycles. The molecule has 288 valence electrons. The van der Waals surface area contributed by atoms with E-state index in [9.17, 15) is 0 Å². The van der Waals surface area contributed by atoms with Gasteiger partial charge >= 0.3 is 0 Å². The van der Waals surface area contributed by atoms with Crippen LogP contribution in [-0.4, -0.2) is 0 Å². The normalized spacial score (nSPS) is 10.7. The van der Waals surface area contributed by atoms with Gasteiger partial charge in [-0.05, 0) is 141 Å². The van der Waals surface area contributed by atoms with Crippen LogP contribution in [0.3, 0.4) is 0 Å². The largest absolute Gasteiger partial charge is 0.356 e. The van der Waals surface area contributed by atoms with Crippen molar-refractivity contribution in [2.45, 2.75) is 0 Å². The van der Waals surface area contributed by atoms with Gasteiger partial charge in [0.05, 0.1) is 0 Å². The summed E-state index contributed by atoms with van der Waals surface area (Å²) in [5.74, 6) is 0. The predicted molar refractivity (Wildman–Crippen MR) is 258 cm³/mol. The molecule has 0 spiro atoms. The lowest BCUT2D eigenvalue weighted by Crippen LogP contribution is -1.91. The lowest BCUT2D eigenvalue weighted by molar-refractivity contribution is 1.53. The number of hydrogen-bond acceptors (Lipinski definition) is 4. The van der Waals surface area contributed by atoms with E-state index in [-0.39, 0.29) is 0 Å². The zero-order chi connectivity index (χ0) is 40.4. The van der Waals surface area contributed by atoms with Crippen LogP contribution in [0.15, 0.2) is 243 Å². The van der Waals surface area contributed by atoms with E-state index in [0.717, 1.165) is 45.5 Å². The summed E-state index contributed by atoms with van der Waals surface area (Å²) < 4.78 is 0. The van der Waals surface area contributed by atoms with E-state index < -0.39 is 0 Å². The van der Waals surface area contributed by atoms with E-state index in [4.69, 9.17) is 0 Å². The van der Waals surface area contributed by atoms with Crippen LogP contribution >= 0.6 is 0 Å². The highest BCUT2D eigenvalue weighted by Crippen LogP contribution is 2.29. The van der Waals surface area contributed by atoms with Crippen LogP contribution in [0, 0.1) is 0 Å². The summed E-state index contributed by atoms with van der Waals surface area (Å²) in [6.45, 7) is 0. The molecule has 10 aromatic rings. The predicted octanol–water partition coefficient (Wildman–Crippen LogP) is 16.0. The van der Waals surface area contributed by atoms with Crippen molar-refractivity contribution in [2.24, 2.45) is 0 Å². The first-order valence-electron chi connectivity index (χ1n) is 20.2. The maximum Gasteiger partial charge on any atom is 0.0390 e. The third-order valence-corrected chi connectivity index (χ3v) is 10.4.